The SMILES string of the molecule is CCN(c1ccc(NC(=O)COc2ccc(Br)cc2Cl)cc1)C(C)C. The average molecular weight is 426 g/mol. The van der Waals surface area contributed by atoms with Gasteiger partial charge in [0, 0.05) is 28.4 Å². The van der Waals surface area contributed by atoms with Crippen molar-refractivity contribution in [1.82, 2.24) is 0 Å². The van der Waals surface area contributed by atoms with Gasteiger partial charge in [0.25, 0.3) is 5.91 Å². The first kappa shape index (κ1) is 19.6. The fraction of sp³-hybridized carbons (Fsp3) is 0.316. The van der Waals surface area contributed by atoms with Gasteiger partial charge in [-0.1, -0.05) is 27.5 Å². The zero-order valence-corrected chi connectivity index (χ0v) is 16.9. The van der Waals surface area contributed by atoms with Gasteiger partial charge < -0.3 is 15.0 Å². The van der Waals surface area contributed by atoms with Gasteiger partial charge in [0.1, 0.15) is 5.75 Å². The number of hydrogen-bond acceptors (Lipinski definition) is 3. The van der Waals surface area contributed by atoms with Crippen molar-refractivity contribution in [2.75, 3.05) is 23.4 Å². The summed E-state index contributed by atoms with van der Waals surface area (Å²) in [4.78, 5) is 14.3. The average Bonchev–Trinajstić information content (AvgIpc) is 2.56. The molecule has 0 aromatic heterocycles. The third-order valence-corrected chi connectivity index (χ3v) is 4.49. The summed E-state index contributed by atoms with van der Waals surface area (Å²) < 4.78 is 6.32. The Balaban J connectivity index is 1.92. The molecule has 0 saturated heterocycles. The fourth-order valence-electron chi connectivity index (χ4n) is 2.51. The van der Waals surface area contributed by atoms with E-state index in [0.717, 1.165) is 22.4 Å². The molecule has 4 nitrogen and oxygen atoms in total. The van der Waals surface area contributed by atoms with Crippen molar-refractivity contribution in [3.8, 4) is 5.75 Å². The minimum atomic E-state index is -0.233. The number of anilines is 2. The highest BCUT2D eigenvalue weighted by Gasteiger charge is 2.10. The van der Waals surface area contributed by atoms with Gasteiger partial charge in [-0.15, -0.1) is 0 Å². The molecule has 1 amide bonds. The first-order valence-electron chi connectivity index (χ1n) is 8.15. The number of halogens is 2. The maximum Gasteiger partial charge on any atom is 0.262 e. The summed E-state index contributed by atoms with van der Waals surface area (Å²) in [7, 11) is 0. The van der Waals surface area contributed by atoms with Crippen LogP contribution in [0.2, 0.25) is 5.02 Å². The Morgan fingerprint density at radius 3 is 2.48 bits per heavy atom. The molecular formula is C19H22BrClN2O2. The minimum absolute atomic E-state index is 0.101. The Morgan fingerprint density at radius 2 is 1.92 bits per heavy atom. The van der Waals surface area contributed by atoms with Gasteiger partial charge in [-0.2, -0.15) is 0 Å². The van der Waals surface area contributed by atoms with Crippen LogP contribution in [0.1, 0.15) is 20.8 Å². The first-order chi connectivity index (χ1) is 11.9. The van der Waals surface area contributed by atoms with Gasteiger partial charge in [-0.3, -0.25) is 4.79 Å². The van der Waals surface area contributed by atoms with E-state index >= 15 is 0 Å². The normalized spacial score (nSPS) is 10.6. The molecule has 6 heteroatoms. The number of carbonyl (C=O) groups is 1. The lowest BCUT2D eigenvalue weighted by molar-refractivity contribution is -0.118. The number of rotatable bonds is 7. The van der Waals surface area contributed by atoms with Crippen LogP contribution in [0.3, 0.4) is 0 Å². The monoisotopic (exact) mass is 424 g/mol. The van der Waals surface area contributed by atoms with E-state index in [1.807, 2.05) is 30.3 Å². The van der Waals surface area contributed by atoms with Crippen LogP contribution >= 0.6 is 27.5 Å². The zero-order chi connectivity index (χ0) is 18.4. The molecule has 0 aliphatic heterocycles. The van der Waals surface area contributed by atoms with Crippen molar-refractivity contribution < 1.29 is 9.53 Å². The number of nitrogens with zero attached hydrogens (tertiary/aromatic N) is 1. The van der Waals surface area contributed by atoms with Crippen LogP contribution in [0.15, 0.2) is 46.9 Å². The Bertz CT molecular complexity index is 720. The van der Waals surface area contributed by atoms with Gasteiger partial charge >= 0.3 is 0 Å². The molecule has 0 bridgehead atoms. The molecule has 0 aliphatic carbocycles. The highest BCUT2D eigenvalue weighted by atomic mass is 79.9. The van der Waals surface area contributed by atoms with Gasteiger partial charge in [-0.05, 0) is 63.2 Å². The zero-order valence-electron chi connectivity index (χ0n) is 14.6. The third kappa shape index (κ3) is 5.65. The second-order valence-electron chi connectivity index (χ2n) is 5.84. The second kappa shape index (κ2) is 9.11. The number of amides is 1. The molecule has 0 fully saturated rings. The van der Waals surface area contributed by atoms with E-state index in [9.17, 15) is 4.79 Å². The number of hydrogen-bond donors (Lipinski definition) is 1. The van der Waals surface area contributed by atoms with Gasteiger partial charge in [0.05, 0.1) is 5.02 Å². The van der Waals surface area contributed by atoms with E-state index < -0.39 is 0 Å². The molecular weight excluding hydrogens is 404 g/mol. The molecule has 134 valence electrons. The summed E-state index contributed by atoms with van der Waals surface area (Å²) in [5, 5.41) is 3.28. The summed E-state index contributed by atoms with van der Waals surface area (Å²) >= 11 is 9.40. The standard InChI is InChI=1S/C19H22BrClN2O2/c1-4-23(13(2)3)16-8-6-15(7-9-16)22-19(24)12-25-18-10-5-14(20)11-17(18)21/h5-11,13H,4,12H2,1-3H3,(H,22,24). The molecule has 1 N–H and O–H groups in total. The molecule has 0 saturated carbocycles. The van der Waals surface area contributed by atoms with Gasteiger partial charge in [-0.25, -0.2) is 0 Å². The summed E-state index contributed by atoms with van der Waals surface area (Å²) in [6, 6.07) is 13.5. The van der Waals surface area contributed by atoms with E-state index in [4.69, 9.17) is 16.3 Å². The van der Waals surface area contributed by atoms with E-state index in [1.165, 1.54) is 0 Å². The van der Waals surface area contributed by atoms with Crippen molar-refractivity contribution in [3.05, 3.63) is 52.0 Å². The van der Waals surface area contributed by atoms with Crippen molar-refractivity contribution in [1.29, 1.82) is 0 Å². The van der Waals surface area contributed by atoms with Crippen molar-refractivity contribution in [3.63, 3.8) is 0 Å². The highest BCUT2D eigenvalue weighted by molar-refractivity contribution is 9.10. The molecule has 0 heterocycles. The number of benzene rings is 2. The predicted octanol–water partition coefficient (Wildman–Crippen LogP) is 5.35. The maximum absolute atomic E-state index is 12.0. The molecule has 0 spiro atoms. The lowest BCUT2D eigenvalue weighted by atomic mass is 10.2. The smallest absolute Gasteiger partial charge is 0.262 e. The van der Waals surface area contributed by atoms with Crippen LogP contribution in [0, 0.1) is 0 Å². The second-order valence-corrected chi connectivity index (χ2v) is 7.16. The number of carbonyl (C=O) groups excluding carboxylic acids is 1. The van der Waals surface area contributed by atoms with Crippen molar-refractivity contribution in [2.45, 2.75) is 26.8 Å². The van der Waals surface area contributed by atoms with Crippen LogP contribution in [0.4, 0.5) is 11.4 Å². The van der Waals surface area contributed by atoms with Gasteiger partial charge in [0.15, 0.2) is 6.61 Å². The fourth-order valence-corrected chi connectivity index (χ4v) is 3.24. The molecule has 2 rings (SSSR count). The van der Waals surface area contributed by atoms with Crippen molar-refractivity contribution in [2.24, 2.45) is 0 Å². The summed E-state index contributed by atoms with van der Waals surface area (Å²) in [5.41, 5.74) is 1.87. The van der Waals surface area contributed by atoms with E-state index in [1.54, 1.807) is 12.1 Å². The topological polar surface area (TPSA) is 41.6 Å². The number of nitrogens with one attached hydrogen (secondary N) is 1. The molecule has 2 aromatic rings. The van der Waals surface area contributed by atoms with Crippen LogP contribution in [0.5, 0.6) is 5.75 Å². The molecule has 2 aromatic carbocycles. The largest absolute Gasteiger partial charge is 0.482 e. The maximum atomic E-state index is 12.0. The minimum Gasteiger partial charge on any atom is -0.482 e. The van der Waals surface area contributed by atoms with Crippen LogP contribution < -0.4 is 15.0 Å². The van der Waals surface area contributed by atoms with E-state index in [-0.39, 0.29) is 12.5 Å². The predicted molar refractivity (Wildman–Crippen MR) is 108 cm³/mol. The summed E-state index contributed by atoms with van der Waals surface area (Å²) in [6.07, 6.45) is 0. The highest BCUT2D eigenvalue weighted by Crippen LogP contribution is 2.27. The Hall–Kier alpha value is -1.72. The summed E-state index contributed by atoms with van der Waals surface area (Å²) in [5.74, 6) is 0.244. The molecule has 0 aliphatic rings. The van der Waals surface area contributed by atoms with Crippen LogP contribution in [-0.2, 0) is 4.79 Å². The quantitative estimate of drug-likeness (QED) is 0.650. The van der Waals surface area contributed by atoms with E-state index in [0.29, 0.717) is 16.8 Å². The van der Waals surface area contributed by atoms with Crippen LogP contribution in [0.25, 0.3) is 0 Å². The Morgan fingerprint density at radius 1 is 1.24 bits per heavy atom. The van der Waals surface area contributed by atoms with Crippen molar-refractivity contribution >= 4 is 44.8 Å². The molecule has 0 atom stereocenters. The molecule has 0 radical (unpaired) electrons. The lowest BCUT2D eigenvalue weighted by Crippen LogP contribution is -2.30. The molecule has 25 heavy (non-hydrogen) atoms. The van der Waals surface area contributed by atoms with Crippen LogP contribution in [-0.4, -0.2) is 25.1 Å². The Labute approximate surface area is 162 Å². The van der Waals surface area contributed by atoms with Gasteiger partial charge in [0.2, 0.25) is 0 Å². The summed E-state index contributed by atoms with van der Waals surface area (Å²) in [6.45, 7) is 7.27. The first-order valence-corrected chi connectivity index (χ1v) is 9.32. The third-order valence-electron chi connectivity index (χ3n) is 3.70. The van der Waals surface area contributed by atoms with E-state index in [2.05, 4.69) is 46.9 Å². The number of ether oxygens (including phenoxy) is 1. The molecule has 0 unspecified atom stereocenters. The lowest BCUT2D eigenvalue weighted by Gasteiger charge is -2.27. The Kier molecular flexibility index (Phi) is 7.14.